The van der Waals surface area contributed by atoms with Crippen LogP contribution in [0, 0.1) is 0 Å². The summed E-state index contributed by atoms with van der Waals surface area (Å²) in [6.07, 6.45) is 3.65. The monoisotopic (exact) mass is 364 g/mol. The Morgan fingerprint density at radius 2 is 2.04 bits per heavy atom. The minimum Gasteiger partial charge on any atom is -0.496 e. The molecule has 0 saturated carbocycles. The molecule has 3 aromatic heterocycles. The number of anilines is 1. The number of aromatic nitrogens is 3. The van der Waals surface area contributed by atoms with Gasteiger partial charge in [-0.1, -0.05) is 17.7 Å². The van der Waals surface area contributed by atoms with E-state index < -0.39 is 0 Å². The summed E-state index contributed by atoms with van der Waals surface area (Å²) in [6, 6.07) is 15.4. The van der Waals surface area contributed by atoms with Crippen molar-refractivity contribution >= 4 is 28.5 Å². The molecule has 4 aromatic rings. The molecule has 130 valence electrons. The van der Waals surface area contributed by atoms with Crippen molar-refractivity contribution in [1.29, 1.82) is 0 Å². The lowest BCUT2D eigenvalue weighted by molar-refractivity contribution is 0.416. The van der Waals surface area contributed by atoms with Gasteiger partial charge >= 0.3 is 0 Å². The van der Waals surface area contributed by atoms with Gasteiger partial charge in [0.1, 0.15) is 17.2 Å². The van der Waals surface area contributed by atoms with Gasteiger partial charge in [-0.3, -0.25) is 4.98 Å². The average molecular weight is 365 g/mol. The fraction of sp³-hybridized carbons (Fsp3) is 0.100. The molecule has 0 unspecified atom stereocenters. The van der Waals surface area contributed by atoms with E-state index in [0.717, 1.165) is 39.4 Å². The van der Waals surface area contributed by atoms with Gasteiger partial charge in [-0.2, -0.15) is 0 Å². The number of hydrogen-bond acceptors (Lipinski definition) is 4. The summed E-state index contributed by atoms with van der Waals surface area (Å²) in [5.41, 5.74) is 3.67. The van der Waals surface area contributed by atoms with Crippen LogP contribution in [0.15, 0.2) is 60.9 Å². The molecule has 0 saturated heterocycles. The topological polar surface area (TPSA) is 62.8 Å². The second kappa shape index (κ2) is 7.06. The minimum atomic E-state index is 0.589. The predicted octanol–water partition coefficient (Wildman–Crippen LogP) is 4.90. The normalized spacial score (nSPS) is 10.8. The third-order valence-electron chi connectivity index (χ3n) is 4.16. The zero-order chi connectivity index (χ0) is 17.9. The van der Waals surface area contributed by atoms with Crippen molar-refractivity contribution in [1.82, 2.24) is 15.0 Å². The first-order valence-electron chi connectivity index (χ1n) is 8.20. The highest BCUT2D eigenvalue weighted by Crippen LogP contribution is 2.37. The SMILES string of the molecule is COc1ccc(Cl)cc1-c1cc(NCc2ccccn2)nc2[nH]ccc12. The molecule has 3 heterocycles. The summed E-state index contributed by atoms with van der Waals surface area (Å²) in [6.45, 7) is 0.589. The number of H-pyrrole nitrogens is 1. The fourth-order valence-electron chi connectivity index (χ4n) is 2.93. The van der Waals surface area contributed by atoms with Crippen LogP contribution in [-0.4, -0.2) is 22.1 Å². The Kier molecular flexibility index (Phi) is 4.46. The third kappa shape index (κ3) is 3.21. The molecule has 6 heteroatoms. The van der Waals surface area contributed by atoms with Crippen LogP contribution >= 0.6 is 11.6 Å². The molecule has 4 rings (SSSR count). The largest absolute Gasteiger partial charge is 0.496 e. The Balaban J connectivity index is 1.77. The van der Waals surface area contributed by atoms with Gasteiger partial charge in [0.15, 0.2) is 0 Å². The van der Waals surface area contributed by atoms with Gasteiger partial charge < -0.3 is 15.0 Å². The van der Waals surface area contributed by atoms with E-state index in [9.17, 15) is 0 Å². The minimum absolute atomic E-state index is 0.589. The van der Waals surface area contributed by atoms with Crippen LogP contribution in [0.1, 0.15) is 5.69 Å². The number of nitrogens with zero attached hydrogens (tertiary/aromatic N) is 2. The van der Waals surface area contributed by atoms with Crippen LogP contribution in [0.25, 0.3) is 22.2 Å². The molecule has 0 fully saturated rings. The molecule has 5 nitrogen and oxygen atoms in total. The summed E-state index contributed by atoms with van der Waals surface area (Å²) in [4.78, 5) is 12.2. The summed E-state index contributed by atoms with van der Waals surface area (Å²) in [5, 5.41) is 5.00. The molecule has 0 spiro atoms. The highest BCUT2D eigenvalue weighted by atomic mass is 35.5. The summed E-state index contributed by atoms with van der Waals surface area (Å²) in [7, 11) is 1.66. The number of benzene rings is 1. The molecular formula is C20H17ClN4O. The van der Waals surface area contributed by atoms with Crippen LogP contribution in [0.2, 0.25) is 5.02 Å². The third-order valence-corrected chi connectivity index (χ3v) is 4.39. The number of halogens is 1. The number of rotatable bonds is 5. The Labute approximate surface area is 156 Å². The Morgan fingerprint density at radius 3 is 2.85 bits per heavy atom. The number of hydrogen-bond donors (Lipinski definition) is 2. The number of ether oxygens (including phenoxy) is 1. The maximum atomic E-state index is 6.23. The van der Waals surface area contributed by atoms with E-state index in [-0.39, 0.29) is 0 Å². The molecule has 0 aliphatic rings. The number of methoxy groups -OCH3 is 1. The van der Waals surface area contributed by atoms with Crippen molar-refractivity contribution in [2.75, 3.05) is 12.4 Å². The van der Waals surface area contributed by atoms with E-state index in [2.05, 4.69) is 20.3 Å². The van der Waals surface area contributed by atoms with Crippen LogP contribution in [0.4, 0.5) is 5.82 Å². The van der Waals surface area contributed by atoms with E-state index in [0.29, 0.717) is 11.6 Å². The average Bonchev–Trinajstić information content (AvgIpc) is 3.15. The predicted molar refractivity (Wildman–Crippen MR) is 105 cm³/mol. The first-order valence-corrected chi connectivity index (χ1v) is 8.58. The zero-order valence-electron chi connectivity index (χ0n) is 14.2. The first-order chi connectivity index (χ1) is 12.7. The number of aromatic amines is 1. The number of pyridine rings is 2. The number of nitrogens with one attached hydrogen (secondary N) is 2. The maximum absolute atomic E-state index is 6.23. The van der Waals surface area contributed by atoms with Crippen molar-refractivity contribution in [3.63, 3.8) is 0 Å². The lowest BCUT2D eigenvalue weighted by atomic mass is 10.0. The van der Waals surface area contributed by atoms with Crippen molar-refractivity contribution in [2.45, 2.75) is 6.54 Å². The molecular weight excluding hydrogens is 348 g/mol. The Bertz CT molecular complexity index is 1050. The van der Waals surface area contributed by atoms with Crippen LogP contribution in [0.3, 0.4) is 0 Å². The van der Waals surface area contributed by atoms with Crippen LogP contribution in [0.5, 0.6) is 5.75 Å². The molecule has 0 amide bonds. The van der Waals surface area contributed by atoms with E-state index >= 15 is 0 Å². The highest BCUT2D eigenvalue weighted by molar-refractivity contribution is 6.31. The van der Waals surface area contributed by atoms with Crippen molar-refractivity contribution in [3.8, 4) is 16.9 Å². The van der Waals surface area contributed by atoms with Gasteiger partial charge in [-0.15, -0.1) is 0 Å². The quantitative estimate of drug-likeness (QED) is 0.528. The second-order valence-electron chi connectivity index (χ2n) is 5.81. The number of fused-ring (bicyclic) bond motifs is 1. The van der Waals surface area contributed by atoms with Gasteiger partial charge in [0.05, 0.1) is 19.3 Å². The molecule has 2 N–H and O–H groups in total. The Hall–Kier alpha value is -3.05. The van der Waals surface area contributed by atoms with Gasteiger partial charge in [-0.05, 0) is 42.5 Å². The lowest BCUT2D eigenvalue weighted by Gasteiger charge is -2.13. The van der Waals surface area contributed by atoms with E-state index in [1.807, 2.05) is 54.7 Å². The second-order valence-corrected chi connectivity index (χ2v) is 6.25. The highest BCUT2D eigenvalue weighted by Gasteiger charge is 2.13. The van der Waals surface area contributed by atoms with Crippen molar-refractivity contribution in [2.24, 2.45) is 0 Å². The molecule has 1 aromatic carbocycles. The van der Waals surface area contributed by atoms with Crippen LogP contribution in [-0.2, 0) is 6.54 Å². The van der Waals surface area contributed by atoms with Gasteiger partial charge in [-0.25, -0.2) is 4.98 Å². The maximum Gasteiger partial charge on any atom is 0.140 e. The first kappa shape index (κ1) is 16.4. The van der Waals surface area contributed by atoms with Crippen molar-refractivity contribution in [3.05, 3.63) is 71.6 Å². The standard InChI is InChI=1S/C20H17ClN4O/c1-26-18-6-5-13(21)10-17(18)16-11-19(25-20-15(16)7-9-23-20)24-12-14-4-2-3-8-22-14/h2-11H,12H2,1H3,(H2,23,24,25). The van der Waals surface area contributed by atoms with Gasteiger partial charge in [0.25, 0.3) is 0 Å². The molecule has 0 bridgehead atoms. The lowest BCUT2D eigenvalue weighted by Crippen LogP contribution is -2.03. The Morgan fingerprint density at radius 1 is 1.12 bits per heavy atom. The van der Waals surface area contributed by atoms with E-state index in [1.165, 1.54) is 0 Å². The molecule has 0 aliphatic carbocycles. The molecule has 26 heavy (non-hydrogen) atoms. The summed E-state index contributed by atoms with van der Waals surface area (Å²) >= 11 is 6.23. The van der Waals surface area contributed by atoms with E-state index in [1.54, 1.807) is 13.3 Å². The fourth-order valence-corrected chi connectivity index (χ4v) is 3.10. The van der Waals surface area contributed by atoms with E-state index in [4.69, 9.17) is 16.3 Å². The van der Waals surface area contributed by atoms with Gasteiger partial charge in [0, 0.05) is 33.9 Å². The van der Waals surface area contributed by atoms with Crippen LogP contribution < -0.4 is 10.1 Å². The zero-order valence-corrected chi connectivity index (χ0v) is 14.9. The summed E-state index contributed by atoms with van der Waals surface area (Å²) in [5.74, 6) is 1.52. The van der Waals surface area contributed by atoms with Gasteiger partial charge in [0.2, 0.25) is 0 Å². The molecule has 0 atom stereocenters. The molecule has 0 aliphatic heterocycles. The van der Waals surface area contributed by atoms with Crippen molar-refractivity contribution < 1.29 is 4.74 Å². The smallest absolute Gasteiger partial charge is 0.140 e. The molecule has 0 radical (unpaired) electrons. The summed E-state index contributed by atoms with van der Waals surface area (Å²) < 4.78 is 5.53.